The first-order chi connectivity index (χ1) is 28.3. The Morgan fingerprint density at radius 1 is 0.534 bits per heavy atom. The van der Waals surface area contributed by atoms with Gasteiger partial charge in [-0.3, -0.25) is 0 Å². The number of rotatable bonds is 5. The Kier molecular flexibility index (Phi) is 7.85. The van der Waals surface area contributed by atoms with Crippen LogP contribution in [0.5, 0.6) is 0 Å². The van der Waals surface area contributed by atoms with Crippen molar-refractivity contribution in [3.8, 4) is 51.3 Å². The van der Waals surface area contributed by atoms with E-state index in [4.69, 9.17) is 6.57 Å². The molecule has 0 radical (unpaired) electrons. The number of nitriles is 1. The van der Waals surface area contributed by atoms with Gasteiger partial charge in [0.2, 0.25) is 0 Å². The van der Waals surface area contributed by atoms with Crippen molar-refractivity contribution in [1.82, 2.24) is 29.1 Å². The lowest BCUT2D eigenvalue weighted by atomic mass is 9.94. The molecule has 6 aromatic carbocycles. The fourth-order valence-electron chi connectivity index (χ4n) is 8.04. The number of hydrogen-bond acceptors (Lipinski definition) is 5. The molecule has 0 N–H and O–H groups in total. The maximum Gasteiger partial charge on any atom is 0.415 e. The van der Waals surface area contributed by atoms with Crippen molar-refractivity contribution >= 4 is 49.3 Å². The summed E-state index contributed by atoms with van der Waals surface area (Å²) in [7, 11) is 0. The first-order valence-electron chi connectivity index (χ1n) is 18.1. The average molecular weight is 759 g/mol. The topological polar surface area (TPSA) is 89.6 Å². The lowest BCUT2D eigenvalue weighted by Gasteiger charge is -2.20. The predicted octanol–water partition coefficient (Wildman–Crippen LogP) is 11.9. The summed E-state index contributed by atoms with van der Waals surface area (Å²) >= 11 is 0. The monoisotopic (exact) mass is 758 g/mol. The van der Waals surface area contributed by atoms with E-state index in [9.17, 15) is 18.4 Å². The maximum atomic E-state index is 14.9. The van der Waals surface area contributed by atoms with Gasteiger partial charge in [-0.25, -0.2) is 24.8 Å². The first kappa shape index (κ1) is 34.3. The number of alkyl halides is 3. The average Bonchev–Trinajstić information content (AvgIpc) is 3.78. The van der Waals surface area contributed by atoms with Crippen molar-refractivity contribution in [2.75, 3.05) is 0 Å². The van der Waals surface area contributed by atoms with Gasteiger partial charge in [0.05, 0.1) is 45.6 Å². The minimum atomic E-state index is -4.78. The van der Waals surface area contributed by atoms with Gasteiger partial charge in [-0.05, 0) is 83.9 Å². The molecule has 0 saturated carbocycles. The Morgan fingerprint density at radius 3 is 1.48 bits per heavy atom. The molecule has 58 heavy (non-hydrogen) atoms. The van der Waals surface area contributed by atoms with Gasteiger partial charge < -0.3 is 9.13 Å². The number of aromatic nitrogens is 6. The van der Waals surface area contributed by atoms with Gasteiger partial charge in [0, 0.05) is 57.5 Å². The molecule has 10 aromatic rings. The molecule has 0 bridgehead atoms. The molecule has 0 spiro atoms. The molecule has 0 amide bonds. The zero-order chi connectivity index (χ0) is 39.5. The number of hydrogen-bond donors (Lipinski definition) is 0. The predicted molar refractivity (Wildman–Crippen MR) is 219 cm³/mol. The van der Waals surface area contributed by atoms with Gasteiger partial charge in [0.15, 0.2) is 17.3 Å². The van der Waals surface area contributed by atoms with Crippen molar-refractivity contribution in [3.05, 3.63) is 175 Å². The second-order valence-electron chi connectivity index (χ2n) is 13.6. The summed E-state index contributed by atoms with van der Waals surface area (Å²) in [4.78, 5) is 21.3. The summed E-state index contributed by atoms with van der Waals surface area (Å²) in [5.41, 5.74) is 4.08. The third-order valence-corrected chi connectivity index (χ3v) is 10.4. The van der Waals surface area contributed by atoms with Crippen LogP contribution in [0.4, 0.5) is 18.9 Å². The van der Waals surface area contributed by atoms with Crippen LogP contribution in [0.2, 0.25) is 0 Å². The first-order valence-corrected chi connectivity index (χ1v) is 18.1. The fourth-order valence-corrected chi connectivity index (χ4v) is 8.04. The Morgan fingerprint density at radius 2 is 1.02 bits per heavy atom. The maximum absolute atomic E-state index is 14.9. The summed E-state index contributed by atoms with van der Waals surface area (Å²) in [6.07, 6.45) is 1.90. The van der Waals surface area contributed by atoms with E-state index in [2.05, 4.69) is 30.9 Å². The van der Waals surface area contributed by atoms with Crippen LogP contribution in [0.1, 0.15) is 11.1 Å². The number of fused-ring (bicyclic) bond motifs is 6. The summed E-state index contributed by atoms with van der Waals surface area (Å²) in [6, 6.07) is 39.7. The highest BCUT2D eigenvalue weighted by molar-refractivity contribution is 6.12. The van der Waals surface area contributed by atoms with E-state index in [1.807, 2.05) is 94.1 Å². The zero-order valence-corrected chi connectivity index (χ0v) is 30.1. The molecule has 10 rings (SSSR count). The van der Waals surface area contributed by atoms with Gasteiger partial charge in [0.1, 0.15) is 11.6 Å². The van der Waals surface area contributed by atoms with Crippen molar-refractivity contribution < 1.29 is 13.2 Å². The van der Waals surface area contributed by atoms with E-state index >= 15 is 0 Å². The Labute approximate surface area is 328 Å². The van der Waals surface area contributed by atoms with Crippen LogP contribution in [0.15, 0.2) is 152 Å². The highest BCUT2D eigenvalue weighted by Crippen LogP contribution is 2.46. The molecule has 0 aliphatic carbocycles. The Hall–Kier alpha value is -8.15. The summed E-state index contributed by atoms with van der Waals surface area (Å²) in [5, 5.41) is 14.7. The lowest BCUT2D eigenvalue weighted by molar-refractivity contribution is -0.137. The molecule has 4 aromatic heterocycles. The van der Waals surface area contributed by atoms with Gasteiger partial charge in [0.25, 0.3) is 0 Å². The van der Waals surface area contributed by atoms with Crippen LogP contribution >= 0.6 is 0 Å². The van der Waals surface area contributed by atoms with Crippen LogP contribution in [0, 0.1) is 17.9 Å². The van der Waals surface area contributed by atoms with E-state index in [0.29, 0.717) is 34.1 Å². The van der Waals surface area contributed by atoms with E-state index < -0.39 is 11.7 Å². The molecular formula is C47H25F3N8. The highest BCUT2D eigenvalue weighted by atomic mass is 19.4. The molecule has 0 saturated heterocycles. The van der Waals surface area contributed by atoms with Gasteiger partial charge >= 0.3 is 6.18 Å². The van der Waals surface area contributed by atoms with Crippen molar-refractivity contribution in [2.24, 2.45) is 0 Å². The van der Waals surface area contributed by atoms with Crippen LogP contribution in [-0.2, 0) is 6.18 Å². The molecule has 4 heterocycles. The molecule has 0 aliphatic rings. The number of nitrogens with zero attached hydrogens (tertiary/aromatic N) is 8. The number of para-hydroxylation sites is 2. The largest absolute Gasteiger partial charge is 0.415 e. The lowest BCUT2D eigenvalue weighted by Crippen LogP contribution is -2.09. The minimum Gasteiger partial charge on any atom is -0.308 e. The Balaban J connectivity index is 1.35. The van der Waals surface area contributed by atoms with E-state index in [1.165, 1.54) is 12.1 Å². The zero-order valence-electron chi connectivity index (χ0n) is 30.1. The van der Waals surface area contributed by atoms with Gasteiger partial charge in [-0.2, -0.15) is 18.4 Å². The Bertz CT molecular complexity index is 3180. The highest BCUT2D eigenvalue weighted by Gasteiger charge is 2.35. The second-order valence-corrected chi connectivity index (χ2v) is 13.6. The standard InChI is InChI=1S/C47H25F3N8/c1-52-37-12-6-11-36(47(48,49)50)44(37)30-25-42(57-38-13-4-2-9-31(38)33-23-28(15-17-40(33)57)45-53-19-7-20-54-45)35(27-51)43(26-30)58-39-14-5-3-10-32(39)34-24-29(16-18-41(34)58)46-55-21-8-22-56-46/h2-26H. The number of benzene rings is 6. The van der Waals surface area contributed by atoms with E-state index in [0.717, 1.165) is 49.8 Å². The quantitative estimate of drug-likeness (QED) is 0.163. The normalized spacial score (nSPS) is 11.7. The number of halogens is 3. The molecule has 0 atom stereocenters. The molecular weight excluding hydrogens is 734 g/mol. The van der Waals surface area contributed by atoms with Crippen molar-refractivity contribution in [3.63, 3.8) is 0 Å². The molecule has 11 heteroatoms. The van der Waals surface area contributed by atoms with Crippen molar-refractivity contribution in [2.45, 2.75) is 6.18 Å². The summed E-state index contributed by atoms with van der Waals surface area (Å²) in [5.74, 6) is 1.07. The van der Waals surface area contributed by atoms with Gasteiger partial charge in [-0.1, -0.05) is 54.6 Å². The minimum absolute atomic E-state index is 0.128. The van der Waals surface area contributed by atoms with Crippen LogP contribution in [0.3, 0.4) is 0 Å². The van der Waals surface area contributed by atoms with Crippen LogP contribution < -0.4 is 0 Å². The smallest absolute Gasteiger partial charge is 0.308 e. The van der Waals surface area contributed by atoms with Crippen LogP contribution in [-0.4, -0.2) is 29.1 Å². The molecule has 0 aliphatic heterocycles. The summed E-state index contributed by atoms with van der Waals surface area (Å²) < 4.78 is 48.7. The van der Waals surface area contributed by atoms with Crippen LogP contribution in [0.25, 0.3) is 93.7 Å². The van der Waals surface area contributed by atoms with E-state index in [-0.39, 0.29) is 22.4 Å². The molecule has 8 nitrogen and oxygen atoms in total. The molecule has 0 fully saturated rings. The third-order valence-electron chi connectivity index (χ3n) is 10.4. The fraction of sp³-hybridized carbons (Fsp3) is 0.0213. The SMILES string of the molecule is [C-]#[N+]c1cccc(C(F)(F)F)c1-c1cc(-n2c3ccccc3c3cc(-c4ncccn4)ccc32)c(C#N)c(-n2c3ccccc3c3cc(-c4ncccn4)ccc32)c1. The molecule has 0 unspecified atom stereocenters. The van der Waals surface area contributed by atoms with E-state index in [1.54, 1.807) is 49.1 Å². The van der Waals surface area contributed by atoms with Crippen molar-refractivity contribution in [1.29, 1.82) is 5.26 Å². The summed E-state index contributed by atoms with van der Waals surface area (Å²) in [6.45, 7) is 7.99. The second kappa shape index (κ2) is 13.3. The molecule has 274 valence electrons. The third kappa shape index (κ3) is 5.37. The van der Waals surface area contributed by atoms with Gasteiger partial charge in [-0.15, -0.1) is 0 Å².